The van der Waals surface area contributed by atoms with Gasteiger partial charge in [-0.2, -0.15) is 0 Å². The van der Waals surface area contributed by atoms with Crippen molar-refractivity contribution in [3.8, 4) is 0 Å². The molecule has 1 aliphatic rings. The van der Waals surface area contributed by atoms with Crippen LogP contribution in [0, 0.1) is 0 Å². The Morgan fingerprint density at radius 2 is 2.12 bits per heavy atom. The van der Waals surface area contributed by atoms with Crippen LogP contribution in [0.25, 0.3) is 0 Å². The summed E-state index contributed by atoms with van der Waals surface area (Å²) in [7, 11) is 0. The van der Waals surface area contributed by atoms with Gasteiger partial charge in [0.15, 0.2) is 0 Å². The third kappa shape index (κ3) is 3.35. The van der Waals surface area contributed by atoms with E-state index in [1.807, 2.05) is 29.2 Å². The van der Waals surface area contributed by atoms with Crippen LogP contribution in [0.3, 0.4) is 0 Å². The SMILES string of the molecule is O=C(c1cccnc1)N1CCC[C@@H]1c1ncc(Cc2ccccc2Cl)o1. The van der Waals surface area contributed by atoms with Crippen LogP contribution >= 0.6 is 11.6 Å². The number of benzene rings is 1. The molecule has 3 heterocycles. The molecule has 1 aromatic carbocycles. The van der Waals surface area contributed by atoms with Crippen molar-refractivity contribution in [2.75, 3.05) is 6.54 Å². The summed E-state index contributed by atoms with van der Waals surface area (Å²) in [5.74, 6) is 1.29. The Morgan fingerprint density at radius 1 is 1.23 bits per heavy atom. The summed E-state index contributed by atoms with van der Waals surface area (Å²) in [6.45, 7) is 0.695. The van der Waals surface area contributed by atoms with E-state index in [0.29, 0.717) is 29.4 Å². The van der Waals surface area contributed by atoms with Gasteiger partial charge in [0.1, 0.15) is 11.8 Å². The molecule has 1 atom stereocenters. The largest absolute Gasteiger partial charge is 0.443 e. The Bertz CT molecular complexity index is 910. The van der Waals surface area contributed by atoms with Gasteiger partial charge in [0.25, 0.3) is 5.91 Å². The highest BCUT2D eigenvalue weighted by Gasteiger charge is 2.33. The first-order valence-corrected chi connectivity index (χ1v) is 8.99. The van der Waals surface area contributed by atoms with Crippen LogP contribution < -0.4 is 0 Å². The van der Waals surface area contributed by atoms with E-state index in [1.165, 1.54) is 0 Å². The molecule has 5 nitrogen and oxygen atoms in total. The molecule has 0 spiro atoms. The maximum absolute atomic E-state index is 12.8. The summed E-state index contributed by atoms with van der Waals surface area (Å²) in [4.78, 5) is 23.1. The first kappa shape index (κ1) is 16.8. The Balaban J connectivity index is 1.53. The van der Waals surface area contributed by atoms with E-state index < -0.39 is 0 Å². The number of oxazole rings is 1. The van der Waals surface area contributed by atoms with Gasteiger partial charge in [-0.15, -0.1) is 0 Å². The zero-order chi connectivity index (χ0) is 17.9. The minimum atomic E-state index is -0.136. The molecule has 0 saturated carbocycles. The molecule has 1 fully saturated rings. The van der Waals surface area contributed by atoms with Crippen LogP contribution in [0.15, 0.2) is 59.4 Å². The van der Waals surface area contributed by atoms with Gasteiger partial charge in [-0.25, -0.2) is 4.98 Å². The van der Waals surface area contributed by atoms with Crippen LogP contribution in [0.1, 0.15) is 46.5 Å². The lowest BCUT2D eigenvalue weighted by Gasteiger charge is -2.22. The summed E-state index contributed by atoms with van der Waals surface area (Å²) in [5, 5.41) is 0.708. The van der Waals surface area contributed by atoms with E-state index in [-0.39, 0.29) is 11.9 Å². The molecule has 1 amide bonds. The lowest BCUT2D eigenvalue weighted by molar-refractivity contribution is 0.0714. The van der Waals surface area contributed by atoms with Crippen LogP contribution in [-0.4, -0.2) is 27.3 Å². The summed E-state index contributed by atoms with van der Waals surface area (Å²) in [6, 6.07) is 11.1. The number of rotatable bonds is 4. The number of pyridine rings is 1. The van der Waals surface area contributed by atoms with Crippen molar-refractivity contribution in [1.29, 1.82) is 0 Å². The summed E-state index contributed by atoms with van der Waals surface area (Å²) < 4.78 is 5.96. The number of hydrogen-bond acceptors (Lipinski definition) is 4. The monoisotopic (exact) mass is 367 g/mol. The lowest BCUT2D eigenvalue weighted by atomic mass is 10.1. The number of halogens is 1. The zero-order valence-corrected chi connectivity index (χ0v) is 14.9. The molecule has 132 valence electrons. The highest BCUT2D eigenvalue weighted by molar-refractivity contribution is 6.31. The fourth-order valence-electron chi connectivity index (χ4n) is 3.31. The van der Waals surface area contributed by atoms with Crippen molar-refractivity contribution in [2.45, 2.75) is 25.3 Å². The van der Waals surface area contributed by atoms with Crippen molar-refractivity contribution in [1.82, 2.24) is 14.9 Å². The summed E-state index contributed by atoms with van der Waals surface area (Å²) in [5.41, 5.74) is 1.58. The third-order valence-electron chi connectivity index (χ3n) is 4.60. The van der Waals surface area contributed by atoms with Gasteiger partial charge in [0.05, 0.1) is 11.8 Å². The van der Waals surface area contributed by atoms with Gasteiger partial charge < -0.3 is 9.32 Å². The van der Waals surface area contributed by atoms with Crippen molar-refractivity contribution < 1.29 is 9.21 Å². The van der Waals surface area contributed by atoms with E-state index >= 15 is 0 Å². The van der Waals surface area contributed by atoms with Gasteiger partial charge in [0, 0.05) is 30.4 Å². The predicted octanol–water partition coefficient (Wildman–Crippen LogP) is 4.29. The Morgan fingerprint density at radius 3 is 2.92 bits per heavy atom. The normalized spacial score (nSPS) is 16.8. The molecule has 0 bridgehead atoms. The molecule has 3 aromatic rings. The number of nitrogens with zero attached hydrogens (tertiary/aromatic N) is 3. The molecule has 4 rings (SSSR count). The Hall–Kier alpha value is -2.66. The molecule has 26 heavy (non-hydrogen) atoms. The minimum Gasteiger partial charge on any atom is -0.443 e. The molecule has 6 heteroatoms. The molecule has 0 aliphatic carbocycles. The number of hydrogen-bond donors (Lipinski definition) is 0. The van der Waals surface area contributed by atoms with E-state index in [2.05, 4.69) is 9.97 Å². The molecule has 1 saturated heterocycles. The third-order valence-corrected chi connectivity index (χ3v) is 4.97. The number of aromatic nitrogens is 2. The first-order chi connectivity index (χ1) is 12.7. The van der Waals surface area contributed by atoms with Crippen molar-refractivity contribution in [3.05, 3.63) is 82.8 Å². The van der Waals surface area contributed by atoms with Gasteiger partial charge >= 0.3 is 0 Å². The minimum absolute atomic E-state index is 0.0357. The zero-order valence-electron chi connectivity index (χ0n) is 14.1. The first-order valence-electron chi connectivity index (χ1n) is 8.61. The van der Waals surface area contributed by atoms with E-state index in [9.17, 15) is 4.79 Å². The molecule has 0 radical (unpaired) electrons. The second-order valence-electron chi connectivity index (χ2n) is 6.33. The molecule has 1 aliphatic heterocycles. The maximum Gasteiger partial charge on any atom is 0.256 e. The molecular formula is C20H18ClN3O2. The molecule has 0 N–H and O–H groups in total. The Labute approximate surface area is 156 Å². The average molecular weight is 368 g/mol. The average Bonchev–Trinajstić information content (AvgIpc) is 3.33. The lowest BCUT2D eigenvalue weighted by Crippen LogP contribution is -2.30. The van der Waals surface area contributed by atoms with Gasteiger partial charge in [-0.3, -0.25) is 9.78 Å². The quantitative estimate of drug-likeness (QED) is 0.690. The second kappa shape index (κ2) is 7.30. The van der Waals surface area contributed by atoms with Crippen molar-refractivity contribution in [3.63, 3.8) is 0 Å². The fraction of sp³-hybridized carbons (Fsp3) is 0.250. The van der Waals surface area contributed by atoms with Crippen LogP contribution in [0.4, 0.5) is 0 Å². The van der Waals surface area contributed by atoms with Gasteiger partial charge in [-0.1, -0.05) is 29.8 Å². The standard InChI is InChI=1S/C20H18ClN3O2/c21-17-7-2-1-5-14(17)11-16-13-23-19(26-16)18-8-4-10-24(18)20(25)15-6-3-9-22-12-15/h1-3,5-7,9,12-13,18H,4,8,10-11H2/t18-/m1/s1. The molecule has 0 unspecified atom stereocenters. The number of amides is 1. The van der Waals surface area contributed by atoms with Crippen LogP contribution in [-0.2, 0) is 6.42 Å². The van der Waals surface area contributed by atoms with Crippen molar-refractivity contribution >= 4 is 17.5 Å². The van der Waals surface area contributed by atoms with Gasteiger partial charge in [-0.05, 0) is 36.6 Å². The van der Waals surface area contributed by atoms with Crippen molar-refractivity contribution in [2.24, 2.45) is 0 Å². The maximum atomic E-state index is 12.8. The summed E-state index contributed by atoms with van der Waals surface area (Å²) in [6.07, 6.45) is 7.33. The van der Waals surface area contributed by atoms with Gasteiger partial charge in [0.2, 0.25) is 5.89 Å². The summed E-state index contributed by atoms with van der Waals surface area (Å²) >= 11 is 6.22. The predicted molar refractivity (Wildman–Crippen MR) is 98.0 cm³/mol. The Kier molecular flexibility index (Phi) is 4.71. The highest BCUT2D eigenvalue weighted by atomic mass is 35.5. The molecular weight excluding hydrogens is 350 g/mol. The molecule has 2 aromatic heterocycles. The topological polar surface area (TPSA) is 59.2 Å². The second-order valence-corrected chi connectivity index (χ2v) is 6.74. The fourth-order valence-corrected chi connectivity index (χ4v) is 3.51. The van der Waals surface area contributed by atoms with Crippen LogP contribution in [0.2, 0.25) is 5.02 Å². The van der Waals surface area contributed by atoms with E-state index in [0.717, 1.165) is 24.2 Å². The van der Waals surface area contributed by atoms with Crippen LogP contribution in [0.5, 0.6) is 0 Å². The number of carbonyl (C=O) groups is 1. The van der Waals surface area contributed by atoms with E-state index in [4.69, 9.17) is 16.0 Å². The van der Waals surface area contributed by atoms with E-state index in [1.54, 1.807) is 30.7 Å². The highest BCUT2D eigenvalue weighted by Crippen LogP contribution is 2.33. The smallest absolute Gasteiger partial charge is 0.256 e. The number of carbonyl (C=O) groups excluding carboxylic acids is 1. The number of likely N-dealkylation sites (tertiary alicyclic amines) is 1.